The highest BCUT2D eigenvalue weighted by Gasteiger charge is 1.99. The maximum atomic E-state index is 5.84. The van der Waals surface area contributed by atoms with Gasteiger partial charge in [-0.15, -0.1) is 0 Å². The van der Waals surface area contributed by atoms with Crippen molar-refractivity contribution in [1.82, 2.24) is 0 Å². The molecule has 0 atom stereocenters. The van der Waals surface area contributed by atoms with Crippen molar-refractivity contribution >= 4 is 11.6 Å². The first-order valence-electron chi connectivity index (χ1n) is 6.03. The molecule has 0 N–H and O–H groups in total. The summed E-state index contributed by atoms with van der Waals surface area (Å²) in [7, 11) is 0. The second-order valence-electron chi connectivity index (χ2n) is 4.55. The summed E-state index contributed by atoms with van der Waals surface area (Å²) < 4.78 is 5.72. The third kappa shape index (κ3) is 3.59. The number of aryl methyl sites for hydroxylation is 2. The number of benzene rings is 2. The van der Waals surface area contributed by atoms with Gasteiger partial charge in [-0.25, -0.2) is 0 Å². The molecule has 0 aliphatic heterocycles. The first-order valence-corrected chi connectivity index (χ1v) is 6.41. The molecule has 0 unspecified atom stereocenters. The first-order chi connectivity index (χ1) is 8.65. The molecule has 0 heterocycles. The maximum absolute atomic E-state index is 5.84. The molecule has 0 bridgehead atoms. The zero-order valence-electron chi connectivity index (χ0n) is 10.7. The quantitative estimate of drug-likeness (QED) is 0.776. The van der Waals surface area contributed by atoms with Crippen LogP contribution in [0.2, 0.25) is 5.02 Å². The van der Waals surface area contributed by atoms with Crippen LogP contribution in [0.25, 0.3) is 0 Å². The fourth-order valence-electron chi connectivity index (χ4n) is 1.87. The third-order valence-electron chi connectivity index (χ3n) is 2.94. The summed E-state index contributed by atoms with van der Waals surface area (Å²) in [5.74, 6) is 0. The zero-order valence-corrected chi connectivity index (χ0v) is 11.5. The van der Waals surface area contributed by atoms with Crippen LogP contribution in [0.1, 0.15) is 22.3 Å². The molecule has 2 rings (SSSR count). The molecule has 0 fully saturated rings. The summed E-state index contributed by atoms with van der Waals surface area (Å²) >= 11 is 5.84. The van der Waals surface area contributed by atoms with E-state index in [1.54, 1.807) is 0 Å². The van der Waals surface area contributed by atoms with Crippen molar-refractivity contribution in [2.24, 2.45) is 0 Å². The average Bonchev–Trinajstić information content (AvgIpc) is 2.34. The topological polar surface area (TPSA) is 9.23 Å². The first kappa shape index (κ1) is 13.1. The van der Waals surface area contributed by atoms with Gasteiger partial charge in [0.15, 0.2) is 0 Å². The standard InChI is InChI=1S/C16H17ClO/c1-12-3-6-15(13(2)9-12)11-18-10-14-4-7-16(17)8-5-14/h3-9H,10-11H2,1-2H3. The Morgan fingerprint density at radius 2 is 1.67 bits per heavy atom. The Hall–Kier alpha value is -1.31. The Bertz CT molecular complexity index is 517. The van der Waals surface area contributed by atoms with Gasteiger partial charge in [-0.3, -0.25) is 0 Å². The second kappa shape index (κ2) is 6.03. The highest BCUT2D eigenvalue weighted by atomic mass is 35.5. The number of hydrogen-bond donors (Lipinski definition) is 0. The molecule has 2 aromatic rings. The van der Waals surface area contributed by atoms with Gasteiger partial charge in [0.1, 0.15) is 0 Å². The molecule has 1 nitrogen and oxygen atoms in total. The molecular formula is C16H17ClO. The van der Waals surface area contributed by atoms with Gasteiger partial charge in [0, 0.05) is 5.02 Å². The summed E-state index contributed by atoms with van der Waals surface area (Å²) in [4.78, 5) is 0. The van der Waals surface area contributed by atoms with E-state index in [1.807, 2.05) is 24.3 Å². The van der Waals surface area contributed by atoms with Crippen molar-refractivity contribution in [3.05, 3.63) is 69.7 Å². The van der Waals surface area contributed by atoms with E-state index in [1.165, 1.54) is 16.7 Å². The summed E-state index contributed by atoms with van der Waals surface area (Å²) in [5, 5.41) is 0.758. The summed E-state index contributed by atoms with van der Waals surface area (Å²) in [5.41, 5.74) is 4.96. The van der Waals surface area contributed by atoms with E-state index in [-0.39, 0.29) is 0 Å². The molecule has 0 saturated carbocycles. The van der Waals surface area contributed by atoms with Gasteiger partial charge in [-0.05, 0) is 42.7 Å². The lowest BCUT2D eigenvalue weighted by atomic mass is 10.1. The fourth-order valence-corrected chi connectivity index (χ4v) is 1.99. The number of hydrogen-bond acceptors (Lipinski definition) is 1. The van der Waals surface area contributed by atoms with Crippen molar-refractivity contribution in [2.75, 3.05) is 0 Å². The normalized spacial score (nSPS) is 10.6. The van der Waals surface area contributed by atoms with Crippen molar-refractivity contribution in [2.45, 2.75) is 27.1 Å². The summed E-state index contributed by atoms with van der Waals surface area (Å²) in [6.07, 6.45) is 0. The van der Waals surface area contributed by atoms with Gasteiger partial charge >= 0.3 is 0 Å². The monoisotopic (exact) mass is 260 g/mol. The second-order valence-corrected chi connectivity index (χ2v) is 4.99. The molecule has 2 aromatic carbocycles. The van der Waals surface area contributed by atoms with E-state index in [4.69, 9.17) is 16.3 Å². The number of rotatable bonds is 4. The predicted molar refractivity (Wildman–Crippen MR) is 75.9 cm³/mol. The molecule has 0 spiro atoms. The Morgan fingerprint density at radius 3 is 2.33 bits per heavy atom. The minimum Gasteiger partial charge on any atom is -0.372 e. The molecule has 0 aliphatic rings. The van der Waals surface area contributed by atoms with E-state index >= 15 is 0 Å². The van der Waals surface area contributed by atoms with Gasteiger partial charge < -0.3 is 4.74 Å². The fraction of sp³-hybridized carbons (Fsp3) is 0.250. The number of ether oxygens (including phenoxy) is 1. The average molecular weight is 261 g/mol. The van der Waals surface area contributed by atoms with Crippen LogP contribution in [0.4, 0.5) is 0 Å². The Balaban J connectivity index is 1.90. The van der Waals surface area contributed by atoms with Gasteiger partial charge in [0.05, 0.1) is 13.2 Å². The molecule has 94 valence electrons. The largest absolute Gasteiger partial charge is 0.372 e. The van der Waals surface area contributed by atoms with Gasteiger partial charge in [0.2, 0.25) is 0 Å². The molecule has 0 saturated heterocycles. The summed E-state index contributed by atoms with van der Waals surface area (Å²) in [6.45, 7) is 5.48. The Labute approximate surface area is 113 Å². The molecule has 0 aliphatic carbocycles. The maximum Gasteiger partial charge on any atom is 0.0724 e. The van der Waals surface area contributed by atoms with Crippen LogP contribution in [0, 0.1) is 13.8 Å². The Morgan fingerprint density at radius 1 is 0.944 bits per heavy atom. The highest BCUT2D eigenvalue weighted by molar-refractivity contribution is 6.30. The van der Waals surface area contributed by atoms with Crippen molar-refractivity contribution in [3.63, 3.8) is 0 Å². The van der Waals surface area contributed by atoms with Crippen molar-refractivity contribution < 1.29 is 4.74 Å². The van der Waals surface area contributed by atoms with Crippen LogP contribution >= 0.6 is 11.6 Å². The minimum atomic E-state index is 0.616. The van der Waals surface area contributed by atoms with Crippen LogP contribution in [0.15, 0.2) is 42.5 Å². The smallest absolute Gasteiger partial charge is 0.0724 e. The zero-order chi connectivity index (χ0) is 13.0. The van der Waals surface area contributed by atoms with E-state index in [0.29, 0.717) is 13.2 Å². The molecule has 2 heteroatoms. The van der Waals surface area contributed by atoms with Crippen LogP contribution < -0.4 is 0 Å². The Kier molecular flexibility index (Phi) is 4.40. The van der Waals surface area contributed by atoms with Crippen LogP contribution in [0.3, 0.4) is 0 Å². The third-order valence-corrected chi connectivity index (χ3v) is 3.19. The summed E-state index contributed by atoms with van der Waals surface area (Å²) in [6, 6.07) is 14.2. The van der Waals surface area contributed by atoms with E-state index in [0.717, 1.165) is 10.6 Å². The van der Waals surface area contributed by atoms with Gasteiger partial charge in [0.25, 0.3) is 0 Å². The SMILES string of the molecule is Cc1ccc(COCc2ccc(Cl)cc2)c(C)c1. The van der Waals surface area contributed by atoms with Crippen molar-refractivity contribution in [1.29, 1.82) is 0 Å². The lowest BCUT2D eigenvalue weighted by molar-refractivity contribution is 0.107. The molecule has 18 heavy (non-hydrogen) atoms. The van der Waals surface area contributed by atoms with E-state index < -0.39 is 0 Å². The lowest BCUT2D eigenvalue weighted by Crippen LogP contribution is -1.96. The number of halogens is 1. The van der Waals surface area contributed by atoms with Gasteiger partial charge in [-0.2, -0.15) is 0 Å². The lowest BCUT2D eigenvalue weighted by Gasteiger charge is -2.08. The minimum absolute atomic E-state index is 0.616. The molecule has 0 aromatic heterocycles. The van der Waals surface area contributed by atoms with E-state index in [9.17, 15) is 0 Å². The van der Waals surface area contributed by atoms with Gasteiger partial charge in [-0.1, -0.05) is 47.5 Å². The predicted octanol–water partition coefficient (Wildman–Crippen LogP) is 4.67. The highest BCUT2D eigenvalue weighted by Crippen LogP contribution is 2.14. The molecular weight excluding hydrogens is 244 g/mol. The van der Waals surface area contributed by atoms with Crippen LogP contribution in [0.5, 0.6) is 0 Å². The molecule has 0 amide bonds. The molecule has 0 radical (unpaired) electrons. The van der Waals surface area contributed by atoms with Crippen LogP contribution in [-0.4, -0.2) is 0 Å². The van der Waals surface area contributed by atoms with Crippen molar-refractivity contribution in [3.8, 4) is 0 Å². The van der Waals surface area contributed by atoms with E-state index in [2.05, 4.69) is 32.0 Å². The van der Waals surface area contributed by atoms with Crippen LogP contribution in [-0.2, 0) is 18.0 Å².